The topological polar surface area (TPSA) is 33.0 Å². The Labute approximate surface area is 92.4 Å². The maximum atomic E-state index is 8.36. The van der Waals surface area contributed by atoms with Gasteiger partial charge in [0.15, 0.2) is 6.61 Å². The molecule has 0 aliphatic heterocycles. The summed E-state index contributed by atoms with van der Waals surface area (Å²) in [4.78, 5) is 1.24. The van der Waals surface area contributed by atoms with E-state index in [4.69, 9.17) is 10.00 Å². The van der Waals surface area contributed by atoms with Crippen LogP contribution in [0.4, 0.5) is 0 Å². The predicted molar refractivity (Wildman–Crippen MR) is 60.9 cm³/mol. The summed E-state index contributed by atoms with van der Waals surface area (Å²) in [6.45, 7) is 0.0956. The zero-order chi connectivity index (χ0) is 10.5. The first-order valence-corrected chi connectivity index (χ1v) is 5.42. The fraction of sp³-hybridized carbons (Fsp3) is 0.0833. The minimum absolute atomic E-state index is 0.0956. The van der Waals surface area contributed by atoms with Gasteiger partial charge in [-0.1, -0.05) is 6.07 Å². The van der Waals surface area contributed by atoms with Gasteiger partial charge in [-0.3, -0.25) is 0 Å². The van der Waals surface area contributed by atoms with Crippen molar-refractivity contribution in [1.29, 1.82) is 5.26 Å². The van der Waals surface area contributed by atoms with E-state index in [0.29, 0.717) is 0 Å². The lowest BCUT2D eigenvalue weighted by Gasteiger charge is -2.02. The van der Waals surface area contributed by atoms with Crippen molar-refractivity contribution in [2.45, 2.75) is 0 Å². The molecule has 2 rings (SSSR count). The third kappa shape index (κ3) is 2.36. The predicted octanol–water partition coefficient (Wildman–Crippen LogP) is 3.32. The summed E-state index contributed by atoms with van der Waals surface area (Å²) in [5, 5.41) is 10.4. The zero-order valence-corrected chi connectivity index (χ0v) is 8.83. The second-order valence-electron chi connectivity index (χ2n) is 2.95. The van der Waals surface area contributed by atoms with Crippen molar-refractivity contribution in [3.05, 3.63) is 41.8 Å². The molecule has 15 heavy (non-hydrogen) atoms. The summed E-state index contributed by atoms with van der Waals surface area (Å²) >= 11 is 1.71. The van der Waals surface area contributed by atoms with E-state index in [-0.39, 0.29) is 6.61 Å². The van der Waals surface area contributed by atoms with Crippen LogP contribution in [0, 0.1) is 11.3 Å². The normalized spacial score (nSPS) is 9.53. The average Bonchev–Trinajstić information content (AvgIpc) is 2.80. The fourth-order valence-electron chi connectivity index (χ4n) is 1.27. The first-order valence-electron chi connectivity index (χ1n) is 4.54. The van der Waals surface area contributed by atoms with E-state index < -0.39 is 0 Å². The molecule has 0 bridgehead atoms. The van der Waals surface area contributed by atoms with Crippen LogP contribution in [0.2, 0.25) is 0 Å². The van der Waals surface area contributed by atoms with Crippen LogP contribution in [0.5, 0.6) is 5.75 Å². The SMILES string of the molecule is N#CCOc1ccc(-c2cccs2)cc1. The molecule has 2 nitrogen and oxygen atoms in total. The van der Waals surface area contributed by atoms with Gasteiger partial charge in [-0.15, -0.1) is 11.3 Å². The molecule has 3 heteroatoms. The highest BCUT2D eigenvalue weighted by atomic mass is 32.1. The van der Waals surface area contributed by atoms with Crippen molar-refractivity contribution in [3.63, 3.8) is 0 Å². The molecule has 1 aromatic heterocycles. The van der Waals surface area contributed by atoms with E-state index in [0.717, 1.165) is 5.75 Å². The summed E-state index contributed by atoms with van der Waals surface area (Å²) in [7, 11) is 0. The number of hydrogen-bond donors (Lipinski definition) is 0. The average molecular weight is 215 g/mol. The molecule has 0 spiro atoms. The van der Waals surface area contributed by atoms with Gasteiger partial charge in [-0.05, 0) is 41.3 Å². The Kier molecular flexibility index (Phi) is 3.01. The van der Waals surface area contributed by atoms with E-state index >= 15 is 0 Å². The fourth-order valence-corrected chi connectivity index (χ4v) is 2.01. The molecule has 0 unspecified atom stereocenters. The molecule has 0 saturated heterocycles. The lowest BCUT2D eigenvalue weighted by Crippen LogP contribution is -1.92. The molecule has 0 aliphatic rings. The summed E-state index contributed by atoms with van der Waals surface area (Å²) in [5.41, 5.74) is 1.18. The Morgan fingerprint density at radius 3 is 2.60 bits per heavy atom. The van der Waals surface area contributed by atoms with Gasteiger partial charge >= 0.3 is 0 Å². The number of nitriles is 1. The second-order valence-corrected chi connectivity index (χ2v) is 3.90. The first-order chi connectivity index (χ1) is 7.40. The molecule has 0 radical (unpaired) electrons. The van der Waals surface area contributed by atoms with Crippen LogP contribution in [0.25, 0.3) is 10.4 Å². The molecule has 0 saturated carbocycles. The Hall–Kier alpha value is -1.79. The van der Waals surface area contributed by atoms with Crippen LogP contribution in [0.15, 0.2) is 41.8 Å². The maximum absolute atomic E-state index is 8.36. The number of rotatable bonds is 3. The van der Waals surface area contributed by atoms with Crippen LogP contribution >= 0.6 is 11.3 Å². The van der Waals surface area contributed by atoms with Crippen molar-refractivity contribution < 1.29 is 4.74 Å². The number of hydrogen-bond acceptors (Lipinski definition) is 3. The number of thiophene rings is 1. The van der Waals surface area contributed by atoms with Gasteiger partial charge in [0.05, 0.1) is 0 Å². The highest BCUT2D eigenvalue weighted by Crippen LogP contribution is 2.26. The maximum Gasteiger partial charge on any atom is 0.174 e. The van der Waals surface area contributed by atoms with Gasteiger partial charge in [0, 0.05) is 4.88 Å². The molecule has 74 valence electrons. The van der Waals surface area contributed by atoms with Crippen LogP contribution in [-0.2, 0) is 0 Å². The van der Waals surface area contributed by atoms with Crippen molar-refractivity contribution in [2.24, 2.45) is 0 Å². The van der Waals surface area contributed by atoms with E-state index in [2.05, 4.69) is 11.4 Å². The van der Waals surface area contributed by atoms with Crippen molar-refractivity contribution in [3.8, 4) is 22.3 Å². The summed E-state index contributed by atoms with van der Waals surface area (Å²) in [6.07, 6.45) is 0. The molecule has 1 heterocycles. The second kappa shape index (κ2) is 4.63. The van der Waals surface area contributed by atoms with Gasteiger partial charge < -0.3 is 4.74 Å². The molecule has 0 N–H and O–H groups in total. The third-order valence-corrected chi connectivity index (χ3v) is 2.88. The Morgan fingerprint density at radius 2 is 2.00 bits per heavy atom. The lowest BCUT2D eigenvalue weighted by molar-refractivity contribution is 0.368. The standard InChI is InChI=1S/C12H9NOS/c13-7-8-14-11-5-3-10(4-6-11)12-2-1-9-15-12/h1-6,9H,8H2. The van der Waals surface area contributed by atoms with Gasteiger partial charge in [-0.25, -0.2) is 0 Å². The van der Waals surface area contributed by atoms with E-state index in [1.165, 1.54) is 10.4 Å². The van der Waals surface area contributed by atoms with Crippen LogP contribution < -0.4 is 4.74 Å². The van der Waals surface area contributed by atoms with Crippen LogP contribution in [0.3, 0.4) is 0 Å². The molecule has 0 amide bonds. The summed E-state index contributed by atoms with van der Waals surface area (Å²) < 4.78 is 5.17. The Morgan fingerprint density at radius 1 is 1.20 bits per heavy atom. The lowest BCUT2D eigenvalue weighted by atomic mass is 10.2. The molecular formula is C12H9NOS. The van der Waals surface area contributed by atoms with Crippen molar-refractivity contribution >= 4 is 11.3 Å². The summed E-state index contributed by atoms with van der Waals surface area (Å²) in [6, 6.07) is 13.8. The smallest absolute Gasteiger partial charge is 0.174 e. The van der Waals surface area contributed by atoms with Gasteiger partial charge in [0.25, 0.3) is 0 Å². The highest BCUT2D eigenvalue weighted by molar-refractivity contribution is 7.13. The first kappa shape index (κ1) is 9.75. The van der Waals surface area contributed by atoms with E-state index in [9.17, 15) is 0 Å². The monoisotopic (exact) mass is 215 g/mol. The molecule has 2 aromatic rings. The van der Waals surface area contributed by atoms with E-state index in [1.54, 1.807) is 11.3 Å². The van der Waals surface area contributed by atoms with E-state index in [1.807, 2.05) is 36.4 Å². The van der Waals surface area contributed by atoms with Gasteiger partial charge in [0.1, 0.15) is 11.8 Å². The van der Waals surface area contributed by atoms with Crippen LogP contribution in [0.1, 0.15) is 0 Å². The quantitative estimate of drug-likeness (QED) is 0.786. The molecule has 0 atom stereocenters. The third-order valence-electron chi connectivity index (χ3n) is 1.96. The molecular weight excluding hydrogens is 206 g/mol. The minimum atomic E-state index is 0.0956. The molecule has 1 aromatic carbocycles. The molecule has 0 aliphatic carbocycles. The zero-order valence-electron chi connectivity index (χ0n) is 8.01. The van der Waals surface area contributed by atoms with Crippen molar-refractivity contribution in [2.75, 3.05) is 6.61 Å². The largest absolute Gasteiger partial charge is 0.479 e. The van der Waals surface area contributed by atoms with Crippen LogP contribution in [-0.4, -0.2) is 6.61 Å². The minimum Gasteiger partial charge on any atom is -0.479 e. The number of benzene rings is 1. The number of ether oxygens (including phenoxy) is 1. The molecule has 0 fully saturated rings. The number of nitrogens with zero attached hydrogens (tertiary/aromatic N) is 1. The Bertz CT molecular complexity index is 453. The Balaban J connectivity index is 2.15. The van der Waals surface area contributed by atoms with Gasteiger partial charge in [0.2, 0.25) is 0 Å². The highest BCUT2D eigenvalue weighted by Gasteiger charge is 1.98. The summed E-state index contributed by atoms with van der Waals surface area (Å²) in [5.74, 6) is 0.733. The van der Waals surface area contributed by atoms with Crippen molar-refractivity contribution in [1.82, 2.24) is 0 Å². The van der Waals surface area contributed by atoms with Gasteiger partial charge in [-0.2, -0.15) is 5.26 Å².